The Hall–Kier alpha value is -0.910. The summed E-state index contributed by atoms with van der Waals surface area (Å²) in [5.74, 6) is 5.37. The molecule has 1 unspecified atom stereocenters. The Balaban J connectivity index is 3.03. The maximum absolute atomic E-state index is 12.5. The zero-order valence-corrected chi connectivity index (χ0v) is 8.76. The minimum atomic E-state index is -2.60. The zero-order chi connectivity index (χ0) is 11.4. The fraction of sp³-hybridized carbons (Fsp3) is 0.333. The molecule has 0 fully saturated rings. The molecule has 3 nitrogen and oxygen atoms in total. The minimum absolute atomic E-state index is 0.328. The number of hydrogen-bond acceptors (Lipinski definition) is 3. The predicted molar refractivity (Wildman–Crippen MR) is 54.1 cm³/mol. The number of nitrogens with one attached hydrogen (secondary N) is 1. The Labute approximate surface area is 91.1 Å². The van der Waals surface area contributed by atoms with E-state index in [0.717, 1.165) is 0 Å². The molecule has 1 aromatic rings. The number of benzene rings is 1. The van der Waals surface area contributed by atoms with E-state index in [1.165, 1.54) is 25.3 Å². The molecule has 0 saturated heterocycles. The third kappa shape index (κ3) is 2.77. The molecule has 0 spiro atoms. The lowest BCUT2D eigenvalue weighted by molar-refractivity contribution is 0.0985. The number of hydrogen-bond donors (Lipinski definition) is 2. The van der Waals surface area contributed by atoms with Gasteiger partial charge in [0.2, 0.25) is 0 Å². The van der Waals surface area contributed by atoms with E-state index in [2.05, 4.69) is 0 Å². The molecule has 0 radical (unpaired) electrons. The van der Waals surface area contributed by atoms with Crippen molar-refractivity contribution in [2.45, 2.75) is 12.5 Å². The van der Waals surface area contributed by atoms with Crippen molar-refractivity contribution < 1.29 is 13.5 Å². The number of nitrogens with two attached hydrogens (primary N) is 1. The summed E-state index contributed by atoms with van der Waals surface area (Å²) in [5.41, 5.74) is 2.37. The SMILES string of the molecule is COc1cc(C(NN)C(F)F)ccc1Cl. The van der Waals surface area contributed by atoms with Crippen LogP contribution >= 0.6 is 11.6 Å². The first-order valence-corrected chi connectivity index (χ1v) is 4.55. The van der Waals surface area contributed by atoms with Crippen LogP contribution in [-0.4, -0.2) is 13.5 Å². The van der Waals surface area contributed by atoms with Crippen LogP contribution in [-0.2, 0) is 0 Å². The summed E-state index contributed by atoms with van der Waals surface area (Å²) in [4.78, 5) is 0. The van der Waals surface area contributed by atoms with Crippen molar-refractivity contribution in [2.75, 3.05) is 7.11 Å². The van der Waals surface area contributed by atoms with Crippen LogP contribution < -0.4 is 16.0 Å². The Morgan fingerprint density at radius 2 is 2.13 bits per heavy atom. The van der Waals surface area contributed by atoms with Gasteiger partial charge in [-0.2, -0.15) is 0 Å². The van der Waals surface area contributed by atoms with E-state index in [1.54, 1.807) is 0 Å². The fourth-order valence-electron chi connectivity index (χ4n) is 1.18. The summed E-state index contributed by atoms with van der Waals surface area (Å²) in [7, 11) is 1.41. The number of halogens is 3. The molecule has 0 aliphatic carbocycles. The molecule has 0 aromatic heterocycles. The van der Waals surface area contributed by atoms with Gasteiger partial charge in [0.05, 0.1) is 12.1 Å². The summed E-state index contributed by atoms with van der Waals surface area (Å²) >= 11 is 5.76. The molecule has 1 aromatic carbocycles. The zero-order valence-electron chi connectivity index (χ0n) is 8.01. The van der Waals surface area contributed by atoms with E-state index < -0.39 is 12.5 Å². The molecule has 0 bridgehead atoms. The largest absolute Gasteiger partial charge is 0.495 e. The molecule has 0 aliphatic heterocycles. The maximum atomic E-state index is 12.5. The van der Waals surface area contributed by atoms with Gasteiger partial charge in [-0.3, -0.25) is 5.84 Å². The van der Waals surface area contributed by atoms with E-state index >= 15 is 0 Å². The van der Waals surface area contributed by atoms with Crippen molar-refractivity contribution in [2.24, 2.45) is 5.84 Å². The Morgan fingerprint density at radius 1 is 1.47 bits per heavy atom. The summed E-state index contributed by atoms with van der Waals surface area (Å²) in [6, 6.07) is 3.17. The van der Waals surface area contributed by atoms with Gasteiger partial charge in [0.25, 0.3) is 6.43 Å². The van der Waals surface area contributed by atoms with E-state index in [9.17, 15) is 8.78 Å². The summed E-state index contributed by atoms with van der Waals surface area (Å²) in [6.07, 6.45) is -2.60. The Morgan fingerprint density at radius 3 is 2.60 bits per heavy atom. The van der Waals surface area contributed by atoms with Crippen LogP contribution in [0.15, 0.2) is 18.2 Å². The van der Waals surface area contributed by atoms with Crippen molar-refractivity contribution in [3.63, 3.8) is 0 Å². The van der Waals surface area contributed by atoms with Crippen LogP contribution in [0.5, 0.6) is 5.75 Å². The molecule has 0 amide bonds. The predicted octanol–water partition coefficient (Wildman–Crippen LogP) is 2.12. The van der Waals surface area contributed by atoms with Crippen molar-refractivity contribution in [3.8, 4) is 5.75 Å². The van der Waals surface area contributed by atoms with Gasteiger partial charge in [0.1, 0.15) is 11.8 Å². The third-order valence-electron chi connectivity index (χ3n) is 1.97. The lowest BCUT2D eigenvalue weighted by Gasteiger charge is -2.16. The molecule has 15 heavy (non-hydrogen) atoms. The van der Waals surface area contributed by atoms with Crippen molar-refractivity contribution in [3.05, 3.63) is 28.8 Å². The van der Waals surface area contributed by atoms with E-state index in [1.807, 2.05) is 5.43 Å². The van der Waals surface area contributed by atoms with Gasteiger partial charge >= 0.3 is 0 Å². The molecule has 1 atom stereocenters. The average molecular weight is 237 g/mol. The van der Waals surface area contributed by atoms with Crippen LogP contribution in [0.3, 0.4) is 0 Å². The number of alkyl halides is 2. The van der Waals surface area contributed by atoms with E-state index in [-0.39, 0.29) is 0 Å². The van der Waals surface area contributed by atoms with E-state index in [0.29, 0.717) is 16.3 Å². The quantitative estimate of drug-likeness (QED) is 0.622. The van der Waals surface area contributed by atoms with Crippen LogP contribution in [0.4, 0.5) is 8.78 Å². The molecule has 0 saturated carbocycles. The lowest BCUT2D eigenvalue weighted by atomic mass is 10.1. The second-order valence-corrected chi connectivity index (χ2v) is 3.28. The Kier molecular flexibility index (Phi) is 4.26. The summed E-state index contributed by atoms with van der Waals surface area (Å²) in [6.45, 7) is 0. The highest BCUT2D eigenvalue weighted by molar-refractivity contribution is 6.32. The van der Waals surface area contributed by atoms with Gasteiger partial charge in [-0.05, 0) is 17.7 Å². The summed E-state index contributed by atoms with van der Waals surface area (Å²) in [5, 5.41) is 0.367. The normalized spacial score (nSPS) is 12.9. The second kappa shape index (κ2) is 5.25. The van der Waals surface area contributed by atoms with Gasteiger partial charge in [0, 0.05) is 0 Å². The molecule has 6 heteroatoms. The monoisotopic (exact) mass is 236 g/mol. The highest BCUT2D eigenvalue weighted by atomic mass is 35.5. The van der Waals surface area contributed by atoms with Gasteiger partial charge < -0.3 is 4.74 Å². The minimum Gasteiger partial charge on any atom is -0.495 e. The fourth-order valence-corrected chi connectivity index (χ4v) is 1.38. The van der Waals surface area contributed by atoms with Crippen LogP contribution in [0.2, 0.25) is 5.02 Å². The van der Waals surface area contributed by atoms with Gasteiger partial charge in [-0.25, -0.2) is 14.2 Å². The van der Waals surface area contributed by atoms with Gasteiger partial charge in [0.15, 0.2) is 0 Å². The number of ether oxygens (including phenoxy) is 1. The molecular weight excluding hydrogens is 226 g/mol. The first-order valence-electron chi connectivity index (χ1n) is 4.18. The van der Waals surface area contributed by atoms with Crippen molar-refractivity contribution in [1.82, 2.24) is 5.43 Å². The molecular formula is C9H11ClF2N2O. The average Bonchev–Trinajstić information content (AvgIpc) is 2.21. The molecule has 0 heterocycles. The van der Waals surface area contributed by atoms with E-state index in [4.69, 9.17) is 22.2 Å². The number of hydrazine groups is 1. The van der Waals surface area contributed by atoms with Crippen LogP contribution in [0.25, 0.3) is 0 Å². The van der Waals surface area contributed by atoms with Crippen molar-refractivity contribution in [1.29, 1.82) is 0 Å². The smallest absolute Gasteiger partial charge is 0.259 e. The molecule has 1 rings (SSSR count). The second-order valence-electron chi connectivity index (χ2n) is 2.87. The lowest BCUT2D eigenvalue weighted by Crippen LogP contribution is -2.32. The van der Waals surface area contributed by atoms with Crippen molar-refractivity contribution >= 4 is 11.6 Å². The van der Waals surface area contributed by atoms with Crippen LogP contribution in [0, 0.1) is 0 Å². The topological polar surface area (TPSA) is 47.3 Å². The first kappa shape index (κ1) is 12.2. The standard InChI is InChI=1S/C9H11ClF2N2O/c1-15-7-4-5(2-3-6(7)10)8(14-13)9(11)12/h2-4,8-9,14H,13H2,1H3. The highest BCUT2D eigenvalue weighted by Crippen LogP contribution is 2.29. The number of methoxy groups -OCH3 is 1. The third-order valence-corrected chi connectivity index (χ3v) is 2.28. The number of rotatable bonds is 4. The van der Waals surface area contributed by atoms with Gasteiger partial charge in [-0.1, -0.05) is 17.7 Å². The highest BCUT2D eigenvalue weighted by Gasteiger charge is 2.21. The first-order chi connectivity index (χ1) is 7.10. The van der Waals surface area contributed by atoms with Gasteiger partial charge in [-0.15, -0.1) is 0 Å². The van der Waals surface area contributed by atoms with Crippen LogP contribution in [0.1, 0.15) is 11.6 Å². The summed E-state index contributed by atoms with van der Waals surface area (Å²) < 4.78 is 29.9. The Bertz CT molecular complexity index is 336. The molecule has 0 aliphatic rings. The molecule has 3 N–H and O–H groups in total. The molecule has 84 valence electrons. The maximum Gasteiger partial charge on any atom is 0.259 e.